The molecule has 22 heavy (non-hydrogen) atoms. The summed E-state index contributed by atoms with van der Waals surface area (Å²) in [7, 11) is 0. The standard InChI is InChI=1S/C13H17N5O4/c14-13(22)17-8-3-5-18(7-8)10(20)6-16-12(21)11-9(19)2-1-4-15-11/h1-2,4,8,19H,3,5-7H2,(H,16,21)(H3,14,17,22). The van der Waals surface area contributed by atoms with Crippen molar-refractivity contribution in [2.45, 2.75) is 12.5 Å². The number of carbonyl (C=O) groups excluding carboxylic acids is 3. The smallest absolute Gasteiger partial charge is 0.312 e. The molecule has 1 aromatic heterocycles. The highest BCUT2D eigenvalue weighted by molar-refractivity contribution is 5.96. The van der Waals surface area contributed by atoms with Crippen LogP contribution in [0.1, 0.15) is 16.9 Å². The number of nitrogens with two attached hydrogens (primary N) is 1. The number of hydrogen-bond donors (Lipinski definition) is 4. The first-order valence-corrected chi connectivity index (χ1v) is 6.73. The van der Waals surface area contributed by atoms with Crippen molar-refractivity contribution in [3.8, 4) is 5.75 Å². The zero-order valence-electron chi connectivity index (χ0n) is 11.8. The number of aromatic hydroxyl groups is 1. The van der Waals surface area contributed by atoms with Crippen LogP contribution in [-0.4, -0.2) is 58.5 Å². The lowest BCUT2D eigenvalue weighted by Gasteiger charge is -2.17. The van der Waals surface area contributed by atoms with E-state index in [0.717, 1.165) is 0 Å². The molecule has 1 saturated heterocycles. The minimum absolute atomic E-state index is 0.134. The Balaban J connectivity index is 1.82. The molecular weight excluding hydrogens is 290 g/mol. The molecule has 0 saturated carbocycles. The number of primary amides is 1. The fraction of sp³-hybridized carbons (Fsp3) is 0.385. The number of amides is 4. The molecule has 0 radical (unpaired) electrons. The lowest BCUT2D eigenvalue weighted by atomic mass is 10.3. The fourth-order valence-electron chi connectivity index (χ4n) is 2.23. The van der Waals surface area contributed by atoms with E-state index < -0.39 is 11.9 Å². The van der Waals surface area contributed by atoms with E-state index in [2.05, 4.69) is 15.6 Å². The maximum absolute atomic E-state index is 12.0. The Bertz CT molecular complexity index is 592. The summed E-state index contributed by atoms with van der Waals surface area (Å²) in [6.07, 6.45) is 1.99. The molecule has 2 rings (SSSR count). The van der Waals surface area contributed by atoms with Crippen LogP contribution in [0.25, 0.3) is 0 Å². The van der Waals surface area contributed by atoms with Gasteiger partial charge in [-0.2, -0.15) is 0 Å². The number of likely N-dealkylation sites (tertiary alicyclic amines) is 1. The van der Waals surface area contributed by atoms with Gasteiger partial charge in [0.05, 0.1) is 6.54 Å². The van der Waals surface area contributed by atoms with Gasteiger partial charge in [0.25, 0.3) is 5.91 Å². The van der Waals surface area contributed by atoms with Gasteiger partial charge in [-0.1, -0.05) is 0 Å². The van der Waals surface area contributed by atoms with Crippen molar-refractivity contribution in [2.24, 2.45) is 5.73 Å². The van der Waals surface area contributed by atoms with E-state index in [-0.39, 0.29) is 29.9 Å². The average Bonchev–Trinajstić information content (AvgIpc) is 2.92. The molecule has 0 aromatic carbocycles. The molecule has 1 atom stereocenters. The van der Waals surface area contributed by atoms with Crippen molar-refractivity contribution in [1.29, 1.82) is 0 Å². The zero-order valence-corrected chi connectivity index (χ0v) is 11.8. The van der Waals surface area contributed by atoms with Crippen molar-refractivity contribution in [1.82, 2.24) is 20.5 Å². The second-order valence-corrected chi connectivity index (χ2v) is 4.89. The summed E-state index contributed by atoms with van der Waals surface area (Å²) in [6, 6.07) is 2.03. The second-order valence-electron chi connectivity index (χ2n) is 4.89. The summed E-state index contributed by atoms with van der Waals surface area (Å²) >= 11 is 0. The first kappa shape index (κ1) is 15.5. The van der Waals surface area contributed by atoms with Crippen LogP contribution >= 0.6 is 0 Å². The first-order chi connectivity index (χ1) is 10.5. The monoisotopic (exact) mass is 307 g/mol. The fourth-order valence-corrected chi connectivity index (χ4v) is 2.23. The van der Waals surface area contributed by atoms with Gasteiger partial charge in [0.1, 0.15) is 5.75 Å². The number of aromatic nitrogens is 1. The van der Waals surface area contributed by atoms with Crippen LogP contribution in [0, 0.1) is 0 Å². The van der Waals surface area contributed by atoms with Crippen molar-refractivity contribution < 1.29 is 19.5 Å². The average molecular weight is 307 g/mol. The molecule has 0 bridgehead atoms. The second kappa shape index (κ2) is 6.74. The van der Waals surface area contributed by atoms with E-state index in [1.807, 2.05) is 0 Å². The van der Waals surface area contributed by atoms with Crippen molar-refractivity contribution >= 4 is 17.8 Å². The lowest BCUT2D eigenvalue weighted by Crippen LogP contribution is -2.43. The minimum Gasteiger partial charge on any atom is -0.505 e. The van der Waals surface area contributed by atoms with E-state index in [9.17, 15) is 19.5 Å². The Hall–Kier alpha value is -2.84. The third-order valence-corrected chi connectivity index (χ3v) is 3.29. The lowest BCUT2D eigenvalue weighted by molar-refractivity contribution is -0.129. The van der Waals surface area contributed by atoms with Crippen LogP contribution in [-0.2, 0) is 4.79 Å². The Morgan fingerprint density at radius 1 is 1.45 bits per heavy atom. The molecule has 5 N–H and O–H groups in total. The van der Waals surface area contributed by atoms with Crippen LogP contribution in [0.3, 0.4) is 0 Å². The maximum atomic E-state index is 12.0. The number of carbonyl (C=O) groups is 3. The van der Waals surface area contributed by atoms with Crippen molar-refractivity contribution in [3.63, 3.8) is 0 Å². The molecule has 118 valence electrons. The largest absolute Gasteiger partial charge is 0.505 e. The Morgan fingerprint density at radius 3 is 2.91 bits per heavy atom. The number of nitrogens with zero attached hydrogens (tertiary/aromatic N) is 2. The minimum atomic E-state index is -0.627. The van der Waals surface area contributed by atoms with Gasteiger partial charge >= 0.3 is 6.03 Å². The molecule has 1 unspecified atom stereocenters. The molecule has 4 amide bonds. The molecule has 9 nitrogen and oxygen atoms in total. The molecule has 9 heteroatoms. The third kappa shape index (κ3) is 3.84. The molecule has 0 spiro atoms. The van der Waals surface area contributed by atoms with Crippen LogP contribution < -0.4 is 16.4 Å². The summed E-state index contributed by atoms with van der Waals surface area (Å²) in [6.45, 7) is 0.624. The Morgan fingerprint density at radius 2 is 2.23 bits per heavy atom. The SMILES string of the molecule is NC(=O)NC1CCN(C(=O)CNC(=O)c2ncccc2O)C1. The highest BCUT2D eigenvalue weighted by Gasteiger charge is 2.27. The molecule has 2 heterocycles. The van der Waals surface area contributed by atoms with Crippen LogP contribution in [0.2, 0.25) is 0 Å². The Kier molecular flexibility index (Phi) is 4.77. The summed E-state index contributed by atoms with van der Waals surface area (Å²) in [4.78, 5) is 39.8. The van der Waals surface area contributed by atoms with E-state index in [4.69, 9.17) is 5.73 Å². The molecule has 0 aliphatic carbocycles. The van der Waals surface area contributed by atoms with Crippen LogP contribution in [0.5, 0.6) is 5.75 Å². The van der Waals surface area contributed by atoms with E-state index in [0.29, 0.717) is 19.5 Å². The molecule has 1 aromatic rings. The van der Waals surface area contributed by atoms with Crippen LogP contribution in [0.4, 0.5) is 4.79 Å². The zero-order chi connectivity index (χ0) is 16.1. The quantitative estimate of drug-likeness (QED) is 0.553. The first-order valence-electron chi connectivity index (χ1n) is 6.73. The van der Waals surface area contributed by atoms with Gasteiger partial charge in [0.15, 0.2) is 5.69 Å². The normalized spacial score (nSPS) is 17.1. The van der Waals surface area contributed by atoms with Crippen LogP contribution in [0.15, 0.2) is 18.3 Å². The molecular formula is C13H17N5O4. The van der Waals surface area contributed by atoms with Gasteiger partial charge in [0.2, 0.25) is 5.91 Å². The Labute approximate surface area is 126 Å². The van der Waals surface area contributed by atoms with Gasteiger partial charge in [0, 0.05) is 25.3 Å². The predicted octanol–water partition coefficient (Wildman–Crippen LogP) is -1.21. The van der Waals surface area contributed by atoms with Gasteiger partial charge in [-0.3, -0.25) is 9.59 Å². The van der Waals surface area contributed by atoms with Gasteiger partial charge in [-0.05, 0) is 18.6 Å². The number of urea groups is 1. The van der Waals surface area contributed by atoms with E-state index >= 15 is 0 Å². The van der Waals surface area contributed by atoms with Gasteiger partial charge < -0.3 is 26.4 Å². The number of hydrogen-bond acceptors (Lipinski definition) is 5. The van der Waals surface area contributed by atoms with E-state index in [1.165, 1.54) is 23.2 Å². The number of rotatable bonds is 4. The number of nitrogens with one attached hydrogen (secondary N) is 2. The highest BCUT2D eigenvalue weighted by Crippen LogP contribution is 2.12. The maximum Gasteiger partial charge on any atom is 0.312 e. The van der Waals surface area contributed by atoms with Crippen molar-refractivity contribution in [2.75, 3.05) is 19.6 Å². The topological polar surface area (TPSA) is 138 Å². The molecule has 1 fully saturated rings. The summed E-state index contributed by atoms with van der Waals surface area (Å²) in [5.74, 6) is -1.16. The van der Waals surface area contributed by atoms with Gasteiger partial charge in [-0.15, -0.1) is 0 Å². The van der Waals surface area contributed by atoms with Gasteiger partial charge in [-0.25, -0.2) is 9.78 Å². The molecule has 1 aliphatic heterocycles. The third-order valence-electron chi connectivity index (χ3n) is 3.29. The van der Waals surface area contributed by atoms with Crippen molar-refractivity contribution in [3.05, 3.63) is 24.0 Å². The summed E-state index contributed by atoms with van der Waals surface area (Å²) in [5.41, 5.74) is 4.90. The number of pyridine rings is 1. The molecule has 1 aliphatic rings. The highest BCUT2D eigenvalue weighted by atomic mass is 16.3. The predicted molar refractivity (Wildman–Crippen MR) is 75.9 cm³/mol. The summed E-state index contributed by atoms with van der Waals surface area (Å²) < 4.78 is 0. The summed E-state index contributed by atoms with van der Waals surface area (Å²) in [5, 5.41) is 14.5. The van der Waals surface area contributed by atoms with E-state index in [1.54, 1.807) is 0 Å².